The first-order valence-electron chi connectivity index (χ1n) is 6.07. The smallest absolute Gasteiger partial charge is 0.320 e. The van der Waals surface area contributed by atoms with Crippen molar-refractivity contribution in [2.75, 3.05) is 6.61 Å². The highest BCUT2D eigenvalue weighted by Gasteiger charge is 2.37. The molecule has 0 heterocycles. The maximum atomic E-state index is 12.2. The maximum Gasteiger partial charge on any atom is 0.320 e. The third kappa shape index (κ3) is 2.76. The Morgan fingerprint density at radius 1 is 1.29 bits per heavy atom. The lowest BCUT2D eigenvalue weighted by atomic mass is 9.78. The second-order valence-corrected chi connectivity index (χ2v) is 3.91. The number of ether oxygens (including phenoxy) is 1. The first-order valence-corrected chi connectivity index (χ1v) is 6.07. The monoisotopic (exact) mass is 232 g/mol. The quantitative estimate of drug-likeness (QED) is 0.574. The van der Waals surface area contributed by atoms with Crippen molar-refractivity contribution in [3.05, 3.63) is 48.0 Å². The Hall–Kier alpha value is -1.57. The first-order chi connectivity index (χ1) is 8.21. The van der Waals surface area contributed by atoms with E-state index in [9.17, 15) is 4.79 Å². The number of allylic oxidation sites excluding steroid dienone is 1. The highest BCUT2D eigenvalue weighted by molar-refractivity contribution is 5.85. The average molecular weight is 232 g/mol. The van der Waals surface area contributed by atoms with Gasteiger partial charge >= 0.3 is 5.97 Å². The molecule has 2 heteroatoms. The minimum atomic E-state index is -0.647. The zero-order valence-corrected chi connectivity index (χ0v) is 10.8. The summed E-state index contributed by atoms with van der Waals surface area (Å²) in [5, 5.41) is 0. The lowest BCUT2D eigenvalue weighted by Crippen LogP contribution is -2.35. The van der Waals surface area contributed by atoms with Gasteiger partial charge in [0.15, 0.2) is 0 Å². The molecule has 0 spiro atoms. The van der Waals surface area contributed by atoms with Gasteiger partial charge in [-0.2, -0.15) is 0 Å². The fraction of sp³-hybridized carbons (Fsp3) is 0.400. The van der Waals surface area contributed by atoms with Crippen molar-refractivity contribution in [1.82, 2.24) is 0 Å². The Bertz CT molecular complexity index is 381. The molecule has 92 valence electrons. The summed E-state index contributed by atoms with van der Waals surface area (Å²) in [6.45, 7) is 6.17. The van der Waals surface area contributed by atoms with E-state index in [-0.39, 0.29) is 5.97 Å². The van der Waals surface area contributed by atoms with Crippen LogP contribution in [0.15, 0.2) is 42.5 Å². The minimum Gasteiger partial charge on any atom is -0.465 e. The molecule has 1 rings (SSSR count). The highest BCUT2D eigenvalue weighted by Crippen LogP contribution is 2.31. The normalized spacial score (nSPS) is 14.5. The summed E-state index contributed by atoms with van der Waals surface area (Å²) in [5.74, 6) is -0.174. The van der Waals surface area contributed by atoms with Crippen LogP contribution in [0.3, 0.4) is 0 Å². The molecule has 1 unspecified atom stereocenters. The van der Waals surface area contributed by atoms with Gasteiger partial charge in [-0.25, -0.2) is 0 Å². The molecular formula is C15H20O2. The summed E-state index contributed by atoms with van der Waals surface area (Å²) >= 11 is 0. The molecule has 1 aromatic rings. The van der Waals surface area contributed by atoms with E-state index in [0.717, 1.165) is 5.56 Å². The van der Waals surface area contributed by atoms with Crippen LogP contribution in [0.25, 0.3) is 0 Å². The van der Waals surface area contributed by atoms with Gasteiger partial charge in [0.05, 0.1) is 6.61 Å². The van der Waals surface area contributed by atoms with Crippen molar-refractivity contribution >= 4 is 5.97 Å². The Morgan fingerprint density at radius 2 is 1.94 bits per heavy atom. The summed E-state index contributed by atoms with van der Waals surface area (Å²) in [7, 11) is 0. The third-order valence-corrected chi connectivity index (χ3v) is 2.94. The molecule has 0 bridgehead atoms. The Kier molecular flexibility index (Phi) is 4.95. The van der Waals surface area contributed by atoms with Crippen LogP contribution in [0.2, 0.25) is 0 Å². The second kappa shape index (κ2) is 6.24. The van der Waals surface area contributed by atoms with Gasteiger partial charge in [0.2, 0.25) is 0 Å². The molecule has 0 N–H and O–H groups in total. The standard InChI is InChI=1S/C15H20O2/c1-4-12-15(5-2,14(16)17-6-3)13-10-8-7-9-11-13/h4,7-12H,5-6H2,1-3H3/b12-4+. The number of carbonyl (C=O) groups is 1. The number of rotatable bonds is 5. The van der Waals surface area contributed by atoms with Crippen molar-refractivity contribution in [3.8, 4) is 0 Å². The molecule has 0 radical (unpaired) electrons. The van der Waals surface area contributed by atoms with E-state index in [0.29, 0.717) is 13.0 Å². The number of hydrogen-bond donors (Lipinski definition) is 0. The topological polar surface area (TPSA) is 26.3 Å². The lowest BCUT2D eigenvalue weighted by Gasteiger charge is -2.27. The van der Waals surface area contributed by atoms with Gasteiger partial charge < -0.3 is 4.74 Å². The molecular weight excluding hydrogens is 212 g/mol. The number of benzene rings is 1. The minimum absolute atomic E-state index is 0.174. The van der Waals surface area contributed by atoms with Gasteiger partial charge in [0, 0.05) is 0 Å². The summed E-state index contributed by atoms with van der Waals surface area (Å²) in [6, 6.07) is 9.79. The fourth-order valence-corrected chi connectivity index (χ4v) is 2.03. The number of hydrogen-bond acceptors (Lipinski definition) is 2. The van der Waals surface area contributed by atoms with Crippen LogP contribution in [0, 0.1) is 0 Å². The predicted octanol–water partition coefficient (Wildman–Crippen LogP) is 3.47. The molecule has 0 fully saturated rings. The van der Waals surface area contributed by atoms with Crippen molar-refractivity contribution in [1.29, 1.82) is 0 Å². The van der Waals surface area contributed by atoms with Crippen LogP contribution in [0.5, 0.6) is 0 Å². The first kappa shape index (κ1) is 13.5. The van der Waals surface area contributed by atoms with Crippen molar-refractivity contribution < 1.29 is 9.53 Å². The van der Waals surface area contributed by atoms with E-state index in [1.807, 2.05) is 63.3 Å². The zero-order valence-electron chi connectivity index (χ0n) is 10.8. The summed E-state index contributed by atoms with van der Waals surface area (Å²) in [4.78, 5) is 12.2. The highest BCUT2D eigenvalue weighted by atomic mass is 16.5. The van der Waals surface area contributed by atoms with Gasteiger partial charge in [-0.15, -0.1) is 0 Å². The van der Waals surface area contributed by atoms with Gasteiger partial charge in [-0.1, -0.05) is 49.4 Å². The largest absolute Gasteiger partial charge is 0.465 e. The molecule has 0 aromatic heterocycles. The molecule has 0 aliphatic rings. The molecule has 2 nitrogen and oxygen atoms in total. The van der Waals surface area contributed by atoms with E-state index in [2.05, 4.69) is 0 Å². The van der Waals surface area contributed by atoms with Crippen LogP contribution < -0.4 is 0 Å². The lowest BCUT2D eigenvalue weighted by molar-refractivity contribution is -0.148. The molecule has 17 heavy (non-hydrogen) atoms. The van der Waals surface area contributed by atoms with Crippen LogP contribution in [0.1, 0.15) is 32.8 Å². The van der Waals surface area contributed by atoms with Crippen molar-refractivity contribution in [3.63, 3.8) is 0 Å². The van der Waals surface area contributed by atoms with Gasteiger partial charge in [0.1, 0.15) is 5.41 Å². The SMILES string of the molecule is C/C=C/C(CC)(C(=O)OCC)c1ccccc1. The Labute approximate surface area is 103 Å². The van der Waals surface area contributed by atoms with Crippen molar-refractivity contribution in [2.45, 2.75) is 32.6 Å². The predicted molar refractivity (Wildman–Crippen MR) is 69.9 cm³/mol. The van der Waals surface area contributed by atoms with Crippen LogP contribution >= 0.6 is 0 Å². The molecule has 0 amide bonds. The molecule has 0 aliphatic heterocycles. The second-order valence-electron chi connectivity index (χ2n) is 3.91. The Balaban J connectivity index is 3.22. The zero-order chi connectivity index (χ0) is 12.7. The van der Waals surface area contributed by atoms with E-state index in [4.69, 9.17) is 4.74 Å². The van der Waals surface area contributed by atoms with Crippen LogP contribution in [-0.2, 0) is 14.9 Å². The van der Waals surface area contributed by atoms with E-state index in [1.54, 1.807) is 0 Å². The van der Waals surface area contributed by atoms with Gasteiger partial charge in [-0.05, 0) is 25.8 Å². The molecule has 0 saturated carbocycles. The van der Waals surface area contributed by atoms with Crippen LogP contribution in [0.4, 0.5) is 0 Å². The fourth-order valence-electron chi connectivity index (χ4n) is 2.03. The summed E-state index contributed by atoms with van der Waals surface area (Å²) < 4.78 is 5.22. The Morgan fingerprint density at radius 3 is 2.41 bits per heavy atom. The van der Waals surface area contributed by atoms with Crippen LogP contribution in [-0.4, -0.2) is 12.6 Å². The van der Waals surface area contributed by atoms with Crippen molar-refractivity contribution in [2.24, 2.45) is 0 Å². The van der Waals surface area contributed by atoms with Gasteiger partial charge in [-0.3, -0.25) is 4.79 Å². The third-order valence-electron chi connectivity index (χ3n) is 2.94. The molecule has 1 atom stereocenters. The number of carbonyl (C=O) groups excluding carboxylic acids is 1. The van der Waals surface area contributed by atoms with Gasteiger partial charge in [0.25, 0.3) is 0 Å². The van der Waals surface area contributed by atoms with E-state index >= 15 is 0 Å². The molecule has 0 aliphatic carbocycles. The maximum absolute atomic E-state index is 12.2. The van der Waals surface area contributed by atoms with E-state index < -0.39 is 5.41 Å². The summed E-state index contributed by atoms with van der Waals surface area (Å²) in [6.07, 6.45) is 4.54. The molecule has 1 aromatic carbocycles. The summed E-state index contributed by atoms with van der Waals surface area (Å²) in [5.41, 5.74) is 0.338. The average Bonchev–Trinajstić information content (AvgIpc) is 2.37. The number of esters is 1. The molecule has 0 saturated heterocycles. The van der Waals surface area contributed by atoms with E-state index in [1.165, 1.54) is 0 Å².